The molecule has 5 aromatic carbocycles. The molecule has 35 heavy (non-hydrogen) atoms. The molecule has 0 aromatic heterocycles. The van der Waals surface area contributed by atoms with Gasteiger partial charge in [-0.15, -0.1) is 0 Å². The molecule has 4 heteroatoms. The smallest absolute Gasteiger partial charge is 0.170 e. The van der Waals surface area contributed by atoms with Crippen molar-refractivity contribution in [2.45, 2.75) is 5.60 Å². The van der Waals surface area contributed by atoms with Gasteiger partial charge in [0.15, 0.2) is 23.0 Å². The highest BCUT2D eigenvalue weighted by atomic mass is 79.9. The lowest BCUT2D eigenvalue weighted by Gasteiger charge is -2.29. The quantitative estimate of drug-likeness (QED) is 0.250. The van der Waals surface area contributed by atoms with Crippen molar-refractivity contribution in [1.29, 1.82) is 0 Å². The van der Waals surface area contributed by atoms with E-state index in [1.54, 1.807) is 0 Å². The zero-order valence-electron chi connectivity index (χ0n) is 18.5. The molecule has 0 radical (unpaired) electrons. The Morgan fingerprint density at radius 1 is 0.514 bits per heavy atom. The number of halogens is 1. The number of hydrogen-bond donors (Lipinski definition) is 1. The molecule has 0 amide bonds. The molecule has 1 aliphatic carbocycles. The van der Waals surface area contributed by atoms with Crippen LogP contribution in [0.2, 0.25) is 0 Å². The lowest BCUT2D eigenvalue weighted by Crippen LogP contribution is -2.27. The summed E-state index contributed by atoms with van der Waals surface area (Å²) < 4.78 is 13.2. The van der Waals surface area contributed by atoms with Crippen LogP contribution in [-0.2, 0) is 5.60 Å². The summed E-state index contributed by atoms with van der Waals surface area (Å²) in [5.41, 5.74) is 5.25. The van der Waals surface area contributed by atoms with Gasteiger partial charge in [0.1, 0.15) is 5.60 Å². The molecule has 0 saturated carbocycles. The Morgan fingerprint density at radius 3 is 1.86 bits per heavy atom. The van der Waals surface area contributed by atoms with E-state index in [0.29, 0.717) is 23.0 Å². The number of rotatable bonds is 2. The standard InChI is InChI=1S/C31H19BrO3/c32-20-14-15-26-23(18-20)22-8-2-4-10-25(22)31(26,33)24-9-3-1-7-21(24)19-13-16-29-30(17-19)35-28-12-6-5-11-27(28)34-29/h1-18,33H. The fourth-order valence-electron chi connectivity index (χ4n) is 5.27. The molecule has 0 saturated heterocycles. The van der Waals surface area contributed by atoms with Crippen molar-refractivity contribution >= 4 is 15.9 Å². The van der Waals surface area contributed by atoms with Gasteiger partial charge in [-0.05, 0) is 58.7 Å². The van der Waals surface area contributed by atoms with Crippen LogP contribution in [0.3, 0.4) is 0 Å². The van der Waals surface area contributed by atoms with E-state index >= 15 is 0 Å². The van der Waals surface area contributed by atoms with Crippen molar-refractivity contribution in [1.82, 2.24) is 0 Å². The molecular formula is C31H19BrO3. The Bertz CT molecular complexity index is 1640. The molecule has 7 rings (SSSR count). The van der Waals surface area contributed by atoms with Crippen LogP contribution in [0.15, 0.2) is 114 Å². The lowest BCUT2D eigenvalue weighted by atomic mass is 9.80. The topological polar surface area (TPSA) is 38.7 Å². The molecule has 0 fully saturated rings. The van der Waals surface area contributed by atoms with Crippen LogP contribution in [0.1, 0.15) is 16.7 Å². The molecule has 1 heterocycles. The second-order valence-corrected chi connectivity index (χ2v) is 9.72. The first-order valence-corrected chi connectivity index (χ1v) is 12.2. The minimum atomic E-state index is -1.29. The number of aliphatic hydroxyl groups is 1. The number of ether oxygens (including phenoxy) is 2. The minimum absolute atomic E-state index is 0.652. The molecule has 1 unspecified atom stereocenters. The highest BCUT2D eigenvalue weighted by Gasteiger charge is 2.44. The zero-order chi connectivity index (χ0) is 23.6. The van der Waals surface area contributed by atoms with Crippen LogP contribution in [0.4, 0.5) is 0 Å². The van der Waals surface area contributed by atoms with E-state index in [1.165, 1.54) is 0 Å². The molecule has 0 bridgehead atoms. The predicted molar refractivity (Wildman–Crippen MR) is 140 cm³/mol. The van der Waals surface area contributed by atoms with E-state index in [9.17, 15) is 5.11 Å². The van der Waals surface area contributed by atoms with Crippen LogP contribution in [0, 0.1) is 0 Å². The third-order valence-electron chi connectivity index (χ3n) is 6.84. The molecule has 1 N–H and O–H groups in total. The molecule has 168 valence electrons. The summed E-state index contributed by atoms with van der Waals surface area (Å²) in [5, 5.41) is 12.5. The molecule has 3 nitrogen and oxygen atoms in total. The zero-order valence-corrected chi connectivity index (χ0v) is 20.1. The largest absolute Gasteiger partial charge is 0.450 e. The molecule has 1 atom stereocenters. The monoisotopic (exact) mass is 518 g/mol. The van der Waals surface area contributed by atoms with E-state index in [0.717, 1.165) is 43.4 Å². The van der Waals surface area contributed by atoms with E-state index in [1.807, 2.05) is 97.1 Å². The Labute approximate surface area is 211 Å². The summed E-state index contributed by atoms with van der Waals surface area (Å²) in [7, 11) is 0. The Morgan fingerprint density at radius 2 is 1.09 bits per heavy atom. The van der Waals surface area contributed by atoms with Crippen LogP contribution < -0.4 is 9.47 Å². The van der Waals surface area contributed by atoms with Crippen LogP contribution in [0.5, 0.6) is 23.0 Å². The first-order chi connectivity index (χ1) is 17.1. The summed E-state index contributed by atoms with van der Waals surface area (Å²) in [4.78, 5) is 0. The number of hydrogen-bond acceptors (Lipinski definition) is 3. The Kier molecular flexibility index (Phi) is 4.44. The summed E-state index contributed by atoms with van der Waals surface area (Å²) in [6, 6.07) is 35.8. The van der Waals surface area contributed by atoms with Gasteiger partial charge in [0.05, 0.1) is 0 Å². The van der Waals surface area contributed by atoms with Crippen LogP contribution in [0.25, 0.3) is 22.3 Å². The molecule has 0 spiro atoms. The molecule has 1 aliphatic heterocycles. The van der Waals surface area contributed by atoms with Gasteiger partial charge >= 0.3 is 0 Å². The summed E-state index contributed by atoms with van der Waals surface area (Å²) in [6.45, 7) is 0. The SMILES string of the molecule is OC1(c2ccccc2-c2ccc3c(c2)Oc2ccccc2O3)c2ccccc2-c2cc(Br)ccc21. The minimum Gasteiger partial charge on any atom is -0.450 e. The maximum atomic E-state index is 12.5. The van der Waals surface area contributed by atoms with Gasteiger partial charge in [0, 0.05) is 21.2 Å². The van der Waals surface area contributed by atoms with Crippen molar-refractivity contribution < 1.29 is 14.6 Å². The number of benzene rings is 5. The summed E-state index contributed by atoms with van der Waals surface area (Å²) >= 11 is 3.60. The molecule has 2 aliphatic rings. The van der Waals surface area contributed by atoms with E-state index in [4.69, 9.17) is 9.47 Å². The third kappa shape index (κ3) is 3.00. The number of fused-ring (bicyclic) bond motifs is 5. The maximum Gasteiger partial charge on any atom is 0.170 e. The normalized spacial score (nSPS) is 16.9. The fourth-order valence-corrected chi connectivity index (χ4v) is 5.63. The van der Waals surface area contributed by atoms with Crippen molar-refractivity contribution in [3.63, 3.8) is 0 Å². The van der Waals surface area contributed by atoms with E-state index in [-0.39, 0.29) is 0 Å². The van der Waals surface area contributed by atoms with E-state index in [2.05, 4.69) is 28.1 Å². The van der Waals surface area contributed by atoms with Crippen LogP contribution >= 0.6 is 15.9 Å². The second kappa shape index (κ2) is 7.57. The molecular weight excluding hydrogens is 500 g/mol. The van der Waals surface area contributed by atoms with Gasteiger partial charge < -0.3 is 14.6 Å². The Hall–Kier alpha value is -3.86. The van der Waals surface area contributed by atoms with E-state index < -0.39 is 5.60 Å². The van der Waals surface area contributed by atoms with Gasteiger partial charge in [-0.2, -0.15) is 0 Å². The average molecular weight is 519 g/mol. The second-order valence-electron chi connectivity index (χ2n) is 8.80. The first-order valence-electron chi connectivity index (χ1n) is 11.4. The van der Waals surface area contributed by atoms with Crippen molar-refractivity contribution in [2.75, 3.05) is 0 Å². The van der Waals surface area contributed by atoms with Gasteiger partial charge in [0.2, 0.25) is 0 Å². The average Bonchev–Trinajstić information content (AvgIpc) is 3.15. The van der Waals surface area contributed by atoms with Gasteiger partial charge in [-0.3, -0.25) is 0 Å². The van der Waals surface area contributed by atoms with Crippen molar-refractivity contribution in [3.8, 4) is 45.3 Å². The Balaban J connectivity index is 1.41. The molecule has 5 aromatic rings. The predicted octanol–water partition coefficient (Wildman–Crippen LogP) is 8.28. The van der Waals surface area contributed by atoms with Crippen molar-refractivity contribution in [3.05, 3.63) is 130 Å². The maximum absolute atomic E-state index is 12.5. The first kappa shape index (κ1) is 20.5. The highest BCUT2D eigenvalue weighted by Crippen LogP contribution is 2.54. The van der Waals surface area contributed by atoms with Crippen LogP contribution in [-0.4, -0.2) is 5.11 Å². The summed E-state index contributed by atoms with van der Waals surface area (Å²) in [5.74, 6) is 2.71. The third-order valence-corrected chi connectivity index (χ3v) is 7.33. The van der Waals surface area contributed by atoms with Crippen molar-refractivity contribution in [2.24, 2.45) is 0 Å². The summed E-state index contributed by atoms with van der Waals surface area (Å²) in [6.07, 6.45) is 0. The fraction of sp³-hybridized carbons (Fsp3) is 0.0323. The highest BCUT2D eigenvalue weighted by molar-refractivity contribution is 9.10. The lowest BCUT2D eigenvalue weighted by molar-refractivity contribution is 0.131. The van der Waals surface area contributed by atoms with Gasteiger partial charge in [0.25, 0.3) is 0 Å². The number of para-hydroxylation sites is 2. The van der Waals surface area contributed by atoms with Gasteiger partial charge in [-0.1, -0.05) is 88.7 Å². The van der Waals surface area contributed by atoms with Gasteiger partial charge in [-0.25, -0.2) is 0 Å².